The average Bonchev–Trinajstić information content (AvgIpc) is 2.55. The highest BCUT2D eigenvalue weighted by molar-refractivity contribution is 7.22. The van der Waals surface area contributed by atoms with Gasteiger partial charge in [0.25, 0.3) is 0 Å². The van der Waals surface area contributed by atoms with E-state index < -0.39 is 0 Å². The van der Waals surface area contributed by atoms with E-state index in [9.17, 15) is 0 Å². The summed E-state index contributed by atoms with van der Waals surface area (Å²) in [6.07, 6.45) is 1.73. The van der Waals surface area contributed by atoms with Crippen LogP contribution in [-0.2, 0) is 0 Å². The second kappa shape index (κ2) is 2.55. The summed E-state index contributed by atoms with van der Waals surface area (Å²) in [5, 5.41) is 11.6. The van der Waals surface area contributed by atoms with Crippen molar-refractivity contribution in [3.05, 3.63) is 11.6 Å². The van der Waals surface area contributed by atoms with Crippen molar-refractivity contribution in [2.24, 2.45) is 0 Å². The molecule has 0 amide bonds. The lowest BCUT2D eigenvalue weighted by Gasteiger charge is -1.80. The molecule has 0 atom stereocenters. The van der Waals surface area contributed by atoms with Crippen molar-refractivity contribution in [1.82, 2.24) is 15.2 Å². The number of hydrogen-bond donors (Lipinski definition) is 1. The van der Waals surface area contributed by atoms with E-state index in [0.29, 0.717) is 5.13 Å². The number of aromatic nitrogens is 3. The quantitative estimate of drug-likeness (QED) is 0.724. The molecule has 0 aromatic carbocycles. The molecule has 0 bridgehead atoms. The van der Waals surface area contributed by atoms with Gasteiger partial charge in [0.15, 0.2) is 10.0 Å². The van der Waals surface area contributed by atoms with E-state index in [1.807, 2.05) is 5.38 Å². The lowest BCUT2D eigenvalue weighted by atomic mass is 10.7. The highest BCUT2D eigenvalue weighted by Gasteiger charge is 2.05. The Labute approximate surface area is 70.7 Å². The molecule has 0 radical (unpaired) electrons. The molecule has 6 heteroatoms. The highest BCUT2D eigenvalue weighted by atomic mass is 32.1. The third kappa shape index (κ3) is 1.22. The van der Waals surface area contributed by atoms with Crippen LogP contribution in [0, 0.1) is 0 Å². The van der Waals surface area contributed by atoms with Crippen molar-refractivity contribution >= 4 is 27.8 Å². The first-order valence-corrected chi connectivity index (χ1v) is 4.55. The summed E-state index contributed by atoms with van der Waals surface area (Å²) in [6, 6.07) is 0. The molecule has 56 valence electrons. The van der Waals surface area contributed by atoms with Crippen LogP contribution in [0.15, 0.2) is 11.6 Å². The summed E-state index contributed by atoms with van der Waals surface area (Å²) in [4.78, 5) is 4.07. The molecule has 11 heavy (non-hydrogen) atoms. The molecular formula is C5H4N4S2. The topological polar surface area (TPSA) is 64.7 Å². The Morgan fingerprint density at radius 3 is 2.73 bits per heavy atom. The molecule has 2 heterocycles. The number of hydrogen-bond acceptors (Lipinski definition) is 6. The lowest BCUT2D eigenvalue weighted by molar-refractivity contribution is 1.10. The molecule has 2 rings (SSSR count). The highest BCUT2D eigenvalue weighted by Crippen LogP contribution is 2.25. The van der Waals surface area contributed by atoms with E-state index in [1.165, 1.54) is 22.7 Å². The van der Waals surface area contributed by atoms with Gasteiger partial charge in [0.1, 0.15) is 0 Å². The number of anilines is 1. The Hall–Kier alpha value is -1.01. The second-order valence-electron chi connectivity index (χ2n) is 1.78. The Balaban J connectivity index is 2.45. The molecule has 0 saturated carbocycles. The summed E-state index contributed by atoms with van der Waals surface area (Å²) in [5.41, 5.74) is 5.41. The van der Waals surface area contributed by atoms with E-state index in [2.05, 4.69) is 15.2 Å². The van der Waals surface area contributed by atoms with Gasteiger partial charge in [-0.15, -0.1) is 21.5 Å². The third-order valence-corrected chi connectivity index (χ3v) is 2.72. The monoisotopic (exact) mass is 184 g/mol. The predicted molar refractivity (Wildman–Crippen MR) is 45.4 cm³/mol. The summed E-state index contributed by atoms with van der Waals surface area (Å²) in [7, 11) is 0. The van der Waals surface area contributed by atoms with Crippen molar-refractivity contribution in [1.29, 1.82) is 0 Å². The maximum atomic E-state index is 5.41. The van der Waals surface area contributed by atoms with Crippen molar-refractivity contribution in [2.75, 3.05) is 5.73 Å². The molecule has 0 fully saturated rings. The molecule has 0 aliphatic heterocycles. The normalized spacial score (nSPS) is 10.2. The molecule has 0 saturated heterocycles. The number of rotatable bonds is 1. The van der Waals surface area contributed by atoms with Crippen molar-refractivity contribution in [3.63, 3.8) is 0 Å². The van der Waals surface area contributed by atoms with Crippen LogP contribution in [0.5, 0.6) is 0 Å². The number of nitrogen functional groups attached to an aromatic ring is 1. The van der Waals surface area contributed by atoms with Gasteiger partial charge in [-0.05, 0) is 0 Å². The smallest absolute Gasteiger partial charge is 0.203 e. The largest absolute Gasteiger partial charge is 0.374 e. The van der Waals surface area contributed by atoms with Gasteiger partial charge >= 0.3 is 0 Å². The average molecular weight is 184 g/mol. The Morgan fingerprint density at radius 1 is 1.27 bits per heavy atom. The summed E-state index contributed by atoms with van der Waals surface area (Å²) in [5.74, 6) is 0. The first-order chi connectivity index (χ1) is 5.36. The maximum Gasteiger partial charge on any atom is 0.203 e. The molecule has 0 aliphatic carbocycles. The molecule has 2 aromatic rings. The fraction of sp³-hybridized carbons (Fsp3) is 0. The van der Waals surface area contributed by atoms with Gasteiger partial charge in [0.2, 0.25) is 5.13 Å². The van der Waals surface area contributed by atoms with Crippen LogP contribution < -0.4 is 5.73 Å². The van der Waals surface area contributed by atoms with E-state index in [0.717, 1.165) is 10.0 Å². The number of nitrogens with zero attached hydrogens (tertiary/aromatic N) is 3. The van der Waals surface area contributed by atoms with Crippen LogP contribution in [0.3, 0.4) is 0 Å². The summed E-state index contributed by atoms with van der Waals surface area (Å²) >= 11 is 2.88. The lowest BCUT2D eigenvalue weighted by Crippen LogP contribution is -1.79. The number of thiazole rings is 1. The van der Waals surface area contributed by atoms with Crippen molar-refractivity contribution < 1.29 is 0 Å². The molecule has 2 N–H and O–H groups in total. The van der Waals surface area contributed by atoms with Gasteiger partial charge in [0.05, 0.1) is 0 Å². The minimum absolute atomic E-state index is 0.482. The Kier molecular flexibility index (Phi) is 1.55. The SMILES string of the molecule is Nc1nnc(-c2nccs2)s1. The van der Waals surface area contributed by atoms with Crippen molar-refractivity contribution in [2.45, 2.75) is 0 Å². The van der Waals surface area contributed by atoms with Crippen LogP contribution in [0.4, 0.5) is 5.13 Å². The van der Waals surface area contributed by atoms with Gasteiger partial charge in [-0.2, -0.15) is 0 Å². The van der Waals surface area contributed by atoms with Crippen LogP contribution in [0.2, 0.25) is 0 Å². The van der Waals surface area contributed by atoms with E-state index in [-0.39, 0.29) is 0 Å². The van der Waals surface area contributed by atoms with Gasteiger partial charge in [-0.3, -0.25) is 0 Å². The molecule has 0 aliphatic rings. The number of nitrogens with two attached hydrogens (primary N) is 1. The Bertz CT molecular complexity index is 339. The maximum absolute atomic E-state index is 5.41. The fourth-order valence-electron chi connectivity index (χ4n) is 0.650. The third-order valence-electron chi connectivity index (χ3n) is 1.06. The van der Waals surface area contributed by atoms with Crippen LogP contribution in [0.1, 0.15) is 0 Å². The van der Waals surface area contributed by atoms with Crippen LogP contribution in [0.25, 0.3) is 10.0 Å². The zero-order valence-electron chi connectivity index (χ0n) is 5.39. The van der Waals surface area contributed by atoms with Gasteiger partial charge in [0, 0.05) is 11.6 Å². The zero-order valence-corrected chi connectivity index (χ0v) is 7.02. The van der Waals surface area contributed by atoms with E-state index in [4.69, 9.17) is 5.73 Å². The van der Waals surface area contributed by atoms with Gasteiger partial charge in [-0.1, -0.05) is 11.3 Å². The standard InChI is InChI=1S/C5H4N4S2/c6-5-9-8-4(11-5)3-7-1-2-10-3/h1-2H,(H2,6,9). The first kappa shape index (κ1) is 6.68. The minimum atomic E-state index is 0.482. The zero-order chi connectivity index (χ0) is 7.68. The molecule has 2 aromatic heterocycles. The Morgan fingerprint density at radius 2 is 2.18 bits per heavy atom. The molecule has 0 unspecified atom stereocenters. The summed E-state index contributed by atoms with van der Waals surface area (Å²) < 4.78 is 0. The predicted octanol–water partition coefficient (Wildman–Crippen LogP) is 1.24. The summed E-state index contributed by atoms with van der Waals surface area (Å²) in [6.45, 7) is 0. The van der Waals surface area contributed by atoms with Crippen LogP contribution >= 0.6 is 22.7 Å². The van der Waals surface area contributed by atoms with Crippen molar-refractivity contribution in [3.8, 4) is 10.0 Å². The second-order valence-corrected chi connectivity index (χ2v) is 3.69. The van der Waals surface area contributed by atoms with Gasteiger partial charge in [-0.25, -0.2) is 4.98 Å². The van der Waals surface area contributed by atoms with Gasteiger partial charge < -0.3 is 5.73 Å². The van der Waals surface area contributed by atoms with E-state index in [1.54, 1.807) is 6.20 Å². The molecular weight excluding hydrogens is 180 g/mol. The fourth-order valence-corrected chi connectivity index (χ4v) is 1.93. The molecule has 0 spiro atoms. The first-order valence-electron chi connectivity index (χ1n) is 2.85. The van der Waals surface area contributed by atoms with E-state index >= 15 is 0 Å². The molecule has 4 nitrogen and oxygen atoms in total. The van der Waals surface area contributed by atoms with Crippen LogP contribution in [-0.4, -0.2) is 15.2 Å². The minimum Gasteiger partial charge on any atom is -0.374 e.